The Morgan fingerprint density at radius 2 is 1.89 bits per heavy atom. The van der Waals surface area contributed by atoms with E-state index in [1.165, 1.54) is 6.92 Å². The van der Waals surface area contributed by atoms with Gasteiger partial charge in [0.2, 0.25) is 0 Å². The highest BCUT2D eigenvalue weighted by Crippen LogP contribution is 2.00. The highest BCUT2D eigenvalue weighted by Gasteiger charge is 2.24. The topological polar surface area (TPSA) is 86.7 Å². The molecule has 0 saturated heterocycles. The number of hydrogen-bond acceptors (Lipinski definition) is 4. The Balaban J connectivity index is 0. The molecule has 0 fully saturated rings. The van der Waals surface area contributed by atoms with E-state index >= 15 is 0 Å². The number of rotatable bonds is 2. The minimum absolute atomic E-state index is 0. The predicted molar refractivity (Wildman–Crippen MR) is 35.2 cm³/mol. The fourth-order valence-electron chi connectivity index (χ4n) is 0.0816. The molecule has 0 saturated carbocycles. The van der Waals surface area contributed by atoms with Gasteiger partial charge in [0.25, 0.3) is 0 Å². The third kappa shape index (κ3) is 3.66. The lowest BCUT2D eigenvalue weighted by atomic mass is 10.1. The van der Waals surface area contributed by atoms with Gasteiger partial charge in [-0.25, -0.2) is 0 Å². The van der Waals surface area contributed by atoms with Crippen LogP contribution in [0.1, 0.15) is 6.92 Å². The van der Waals surface area contributed by atoms with Crippen molar-refractivity contribution in [1.82, 2.24) is 0 Å². The summed E-state index contributed by atoms with van der Waals surface area (Å²) in [5.74, 6) is 0. The molecule has 5 N–H and O–H groups in total. The lowest BCUT2D eigenvalue weighted by Crippen LogP contribution is -2.51. The Labute approximate surface area is 59.7 Å². The minimum atomic E-state index is -1.66. The van der Waals surface area contributed by atoms with E-state index in [4.69, 9.17) is 21.1 Å². The zero-order chi connectivity index (χ0) is 6.78. The first kappa shape index (κ1) is 11.9. The number of aliphatic hydroxyl groups excluding tert-OH is 2. The fraction of sp³-hybridized carbons (Fsp3) is 1.00. The average Bonchev–Trinajstić information content (AvgIpc) is 1.67. The van der Waals surface area contributed by atoms with Gasteiger partial charge < -0.3 is 21.1 Å². The smallest absolute Gasteiger partial charge is 0.171 e. The molecule has 0 spiro atoms. The molecule has 0 aromatic heterocycles. The number of nitrogens with two attached hydrogens (primary N) is 1. The molecule has 0 bridgehead atoms. The summed E-state index contributed by atoms with van der Waals surface area (Å²) >= 11 is 0. The van der Waals surface area contributed by atoms with Crippen LogP contribution in [0, 0.1) is 0 Å². The quantitative estimate of drug-likeness (QED) is 0.365. The molecule has 0 aromatic rings. The summed E-state index contributed by atoms with van der Waals surface area (Å²) < 4.78 is 0. The summed E-state index contributed by atoms with van der Waals surface area (Å²) in [5, 5.41) is 25.0. The van der Waals surface area contributed by atoms with E-state index in [1.807, 2.05) is 0 Å². The van der Waals surface area contributed by atoms with E-state index in [2.05, 4.69) is 0 Å². The van der Waals surface area contributed by atoms with Crippen molar-refractivity contribution in [1.29, 1.82) is 0 Å². The zero-order valence-electron chi connectivity index (χ0n) is 5.11. The van der Waals surface area contributed by atoms with Crippen LogP contribution in [0.4, 0.5) is 0 Å². The van der Waals surface area contributed by atoms with Crippen LogP contribution in [0.2, 0.25) is 0 Å². The highest BCUT2D eigenvalue weighted by atomic mass is 35.5. The van der Waals surface area contributed by atoms with Gasteiger partial charge in [-0.15, -0.1) is 12.4 Å². The maximum Gasteiger partial charge on any atom is 0.171 e. The number of aliphatic hydroxyl groups is 3. The Bertz CT molecular complexity index is 76.2. The summed E-state index contributed by atoms with van der Waals surface area (Å²) in [5.41, 5.74) is 3.82. The first-order valence-electron chi connectivity index (χ1n) is 2.26. The van der Waals surface area contributed by atoms with E-state index in [0.717, 1.165) is 0 Å². The lowest BCUT2D eigenvalue weighted by molar-refractivity contribution is -0.103. The van der Waals surface area contributed by atoms with Gasteiger partial charge in [-0.1, -0.05) is 0 Å². The maximum absolute atomic E-state index is 8.35. The zero-order valence-corrected chi connectivity index (χ0v) is 5.93. The molecule has 0 heterocycles. The predicted octanol–water partition coefficient (Wildman–Crippen LogP) is -1.57. The third-order valence-electron chi connectivity index (χ3n) is 0.931. The second-order valence-electron chi connectivity index (χ2n) is 2.04. The Kier molecular flexibility index (Phi) is 5.31. The van der Waals surface area contributed by atoms with Crippen molar-refractivity contribution >= 4 is 12.4 Å². The van der Waals surface area contributed by atoms with Gasteiger partial charge >= 0.3 is 0 Å². The van der Waals surface area contributed by atoms with Gasteiger partial charge in [0, 0.05) is 0 Å². The van der Waals surface area contributed by atoms with Gasteiger partial charge in [0.05, 0.1) is 12.1 Å². The van der Waals surface area contributed by atoms with E-state index in [0.29, 0.717) is 0 Å². The summed E-state index contributed by atoms with van der Waals surface area (Å²) in [6.07, 6.45) is -1.66. The maximum atomic E-state index is 8.35. The van der Waals surface area contributed by atoms with Crippen molar-refractivity contribution in [3.63, 3.8) is 0 Å². The van der Waals surface area contributed by atoms with Crippen LogP contribution in [-0.4, -0.2) is 33.8 Å². The van der Waals surface area contributed by atoms with E-state index in [1.54, 1.807) is 0 Å². The van der Waals surface area contributed by atoms with Crippen LogP contribution >= 0.6 is 12.4 Å². The lowest BCUT2D eigenvalue weighted by Gasteiger charge is -2.22. The molecule has 0 aliphatic rings. The molecule has 0 aliphatic carbocycles. The molecule has 1 atom stereocenters. The molecule has 0 rings (SSSR count). The summed E-state index contributed by atoms with van der Waals surface area (Å²) in [6, 6.07) is 0. The number of halogens is 1. The van der Waals surface area contributed by atoms with Gasteiger partial charge in [-0.3, -0.25) is 0 Å². The van der Waals surface area contributed by atoms with Crippen LogP contribution in [0.15, 0.2) is 0 Å². The third-order valence-corrected chi connectivity index (χ3v) is 0.931. The summed E-state index contributed by atoms with van der Waals surface area (Å²) in [4.78, 5) is 0. The van der Waals surface area contributed by atoms with Crippen molar-refractivity contribution in [2.75, 3.05) is 6.61 Å². The van der Waals surface area contributed by atoms with Crippen molar-refractivity contribution in [3.8, 4) is 0 Å². The van der Waals surface area contributed by atoms with Gasteiger partial charge in [-0.2, -0.15) is 0 Å². The van der Waals surface area contributed by atoms with E-state index < -0.39 is 18.4 Å². The van der Waals surface area contributed by atoms with Crippen LogP contribution in [0.25, 0.3) is 0 Å². The Morgan fingerprint density at radius 3 is 1.89 bits per heavy atom. The van der Waals surface area contributed by atoms with Gasteiger partial charge in [0.15, 0.2) is 6.29 Å². The Hall–Kier alpha value is 0.130. The van der Waals surface area contributed by atoms with E-state index in [9.17, 15) is 0 Å². The molecule has 1 unspecified atom stereocenters. The van der Waals surface area contributed by atoms with Gasteiger partial charge in [0.1, 0.15) is 0 Å². The molecular weight excluding hydrogens is 146 g/mol. The normalized spacial score (nSPS) is 16.7. The molecule has 9 heavy (non-hydrogen) atoms. The minimum Gasteiger partial charge on any atom is -0.394 e. The standard InChI is InChI=1S/C4H11NO3.ClH/c1-4(5,2-6)3(7)8;/h3,6-8H,2,5H2,1H3;1H. The van der Waals surface area contributed by atoms with E-state index in [-0.39, 0.29) is 12.4 Å². The van der Waals surface area contributed by atoms with Crippen LogP contribution in [0.3, 0.4) is 0 Å². The Morgan fingerprint density at radius 1 is 1.56 bits per heavy atom. The van der Waals surface area contributed by atoms with Gasteiger partial charge in [-0.05, 0) is 6.92 Å². The first-order chi connectivity index (χ1) is 3.50. The summed E-state index contributed by atoms with van der Waals surface area (Å²) in [6.45, 7) is 0.905. The monoisotopic (exact) mass is 157 g/mol. The van der Waals surface area contributed by atoms with Crippen LogP contribution in [-0.2, 0) is 0 Å². The number of hydrogen-bond donors (Lipinski definition) is 4. The van der Waals surface area contributed by atoms with Crippen molar-refractivity contribution in [2.45, 2.75) is 18.8 Å². The van der Waals surface area contributed by atoms with Crippen molar-refractivity contribution in [2.24, 2.45) is 5.73 Å². The second kappa shape index (κ2) is 4.03. The fourth-order valence-corrected chi connectivity index (χ4v) is 0.0816. The molecule has 4 nitrogen and oxygen atoms in total. The van der Waals surface area contributed by atoms with Crippen molar-refractivity contribution < 1.29 is 15.3 Å². The first-order valence-corrected chi connectivity index (χ1v) is 2.26. The SMILES string of the molecule is CC(N)(CO)C(O)O.Cl. The molecule has 0 aliphatic heterocycles. The molecule has 0 radical (unpaired) electrons. The molecule has 0 aromatic carbocycles. The molecular formula is C4H12ClNO3. The van der Waals surface area contributed by atoms with Crippen LogP contribution in [0.5, 0.6) is 0 Å². The summed E-state index contributed by atoms with van der Waals surface area (Å²) in [7, 11) is 0. The molecule has 58 valence electrons. The molecule has 5 heteroatoms. The largest absolute Gasteiger partial charge is 0.394 e. The molecule has 0 amide bonds. The van der Waals surface area contributed by atoms with Crippen LogP contribution < -0.4 is 5.73 Å². The second-order valence-corrected chi connectivity index (χ2v) is 2.04. The highest BCUT2D eigenvalue weighted by molar-refractivity contribution is 5.85. The average molecular weight is 158 g/mol. The van der Waals surface area contributed by atoms with Crippen molar-refractivity contribution in [3.05, 3.63) is 0 Å².